The molecule has 1 saturated heterocycles. The lowest BCUT2D eigenvalue weighted by Gasteiger charge is -2.28. The minimum absolute atomic E-state index is 0.0281. The van der Waals surface area contributed by atoms with Gasteiger partial charge >= 0.3 is 0 Å². The van der Waals surface area contributed by atoms with Crippen LogP contribution in [0, 0.1) is 0 Å². The van der Waals surface area contributed by atoms with Gasteiger partial charge in [-0.25, -0.2) is 4.98 Å². The van der Waals surface area contributed by atoms with Crippen LogP contribution in [0.2, 0.25) is 0 Å². The molecule has 0 bridgehead atoms. The van der Waals surface area contributed by atoms with Gasteiger partial charge < -0.3 is 41.3 Å². The second-order valence-corrected chi connectivity index (χ2v) is 18.0. The SMILES string of the molecule is CCNC(=O)[C@H]1O[C@@H](n2cnc3c(NCC(c4ccccc4)c4ccccc4)nc(NCCc4ccc(NC(=O)c5cc(C(C)(C)C)c(O)c(C(C)(C)C)c5)cc4)nc32)[C@H](O)[C@@H]1O. The number of carbonyl (C=O) groups is 2. The Balaban J connectivity index is 1.11. The lowest BCUT2D eigenvalue weighted by molar-refractivity contribution is -0.137. The average Bonchev–Trinajstić information content (AvgIpc) is 3.81. The average molecular weight is 855 g/mol. The molecule has 330 valence electrons. The van der Waals surface area contributed by atoms with Crippen LogP contribution in [0.1, 0.15) is 98.8 Å². The number of benzene rings is 4. The predicted octanol–water partition coefficient (Wildman–Crippen LogP) is 7.03. The summed E-state index contributed by atoms with van der Waals surface area (Å²) in [6.45, 7) is 15.1. The fourth-order valence-electron chi connectivity index (χ4n) is 7.87. The second-order valence-electron chi connectivity index (χ2n) is 18.0. The second kappa shape index (κ2) is 18.6. The van der Waals surface area contributed by atoms with Gasteiger partial charge in [0.15, 0.2) is 29.3 Å². The number of aliphatic hydroxyl groups excluding tert-OH is 2. The van der Waals surface area contributed by atoms with E-state index in [-0.39, 0.29) is 34.4 Å². The lowest BCUT2D eigenvalue weighted by Crippen LogP contribution is -2.42. The van der Waals surface area contributed by atoms with E-state index < -0.39 is 30.4 Å². The number of imidazole rings is 1. The first-order valence-corrected chi connectivity index (χ1v) is 21.4. The van der Waals surface area contributed by atoms with Gasteiger partial charge in [0.05, 0.1) is 6.33 Å². The van der Waals surface area contributed by atoms with Crippen LogP contribution in [0.4, 0.5) is 17.5 Å². The normalized spacial score (nSPS) is 17.8. The van der Waals surface area contributed by atoms with Gasteiger partial charge in [0.25, 0.3) is 11.8 Å². The first-order chi connectivity index (χ1) is 30.0. The van der Waals surface area contributed by atoms with Crippen LogP contribution in [0.3, 0.4) is 0 Å². The summed E-state index contributed by atoms with van der Waals surface area (Å²) < 4.78 is 7.48. The fourth-order valence-corrected chi connectivity index (χ4v) is 7.87. The molecule has 14 nitrogen and oxygen atoms in total. The number of amides is 2. The molecule has 0 unspecified atom stereocenters. The van der Waals surface area contributed by atoms with E-state index in [0.29, 0.717) is 54.3 Å². The molecule has 2 aromatic heterocycles. The van der Waals surface area contributed by atoms with Crippen molar-refractivity contribution in [1.29, 1.82) is 0 Å². The Bertz CT molecular complexity index is 2460. The van der Waals surface area contributed by atoms with Gasteiger partial charge in [0, 0.05) is 47.9 Å². The van der Waals surface area contributed by atoms with E-state index in [1.54, 1.807) is 19.1 Å². The number of ether oxygens (including phenoxy) is 1. The summed E-state index contributed by atoms with van der Waals surface area (Å²) in [5.74, 6) is 0.142. The number of aliphatic hydroxyl groups is 2. The van der Waals surface area contributed by atoms with Gasteiger partial charge in [0.1, 0.15) is 18.0 Å². The molecular formula is C49H58N8O6. The number of nitrogens with one attached hydrogen (secondary N) is 4. The molecule has 1 aliphatic rings. The third-order valence-corrected chi connectivity index (χ3v) is 11.3. The zero-order chi connectivity index (χ0) is 45.1. The molecule has 1 fully saturated rings. The molecular weight excluding hydrogens is 797 g/mol. The molecule has 4 atom stereocenters. The Morgan fingerprint density at radius 1 is 0.810 bits per heavy atom. The zero-order valence-corrected chi connectivity index (χ0v) is 36.9. The first-order valence-electron chi connectivity index (χ1n) is 21.4. The first kappa shape index (κ1) is 44.7. The van der Waals surface area contributed by atoms with Crippen molar-refractivity contribution in [2.24, 2.45) is 0 Å². The largest absolute Gasteiger partial charge is 0.507 e. The molecule has 2 amide bonds. The Labute approximate surface area is 368 Å². The maximum Gasteiger partial charge on any atom is 0.255 e. The summed E-state index contributed by atoms with van der Waals surface area (Å²) in [5.41, 5.74) is 5.80. The van der Waals surface area contributed by atoms with Gasteiger partial charge in [-0.05, 0) is 65.1 Å². The molecule has 3 heterocycles. The van der Waals surface area contributed by atoms with Gasteiger partial charge in [-0.2, -0.15) is 9.97 Å². The molecule has 14 heteroatoms. The highest BCUT2D eigenvalue weighted by molar-refractivity contribution is 6.04. The number of hydrogen-bond acceptors (Lipinski definition) is 11. The Hall–Kier alpha value is -6.35. The molecule has 1 aliphatic heterocycles. The number of phenolic OH excluding ortho intramolecular Hbond substituents is 1. The van der Waals surface area contributed by atoms with Gasteiger partial charge in [-0.3, -0.25) is 14.2 Å². The number of phenols is 1. The standard InChI is InChI=1S/C49H58N8O6/c1-8-50-45(62)41-39(59)40(60)46(63-41)57-28-53-37-42(52-27-34(30-15-11-9-12-16-30)31-17-13-10-14-18-31)55-47(56-43(37)57)51-24-23-29-19-21-33(22-20-29)54-44(61)32-25-35(48(2,3)4)38(58)36(26-32)49(5,6)7/h9-22,25-26,28,34,39-41,46,58-60H,8,23-24,27H2,1-7H3,(H,50,62)(H,54,61)(H2,51,52,55,56)/t39-,40+,41-,46+/m0/s1. The number of nitrogens with zero attached hydrogens (tertiary/aromatic N) is 4. The van der Waals surface area contributed by atoms with Crippen molar-refractivity contribution < 1.29 is 29.6 Å². The molecule has 7 rings (SSSR count). The number of carbonyl (C=O) groups excluding carboxylic acids is 2. The quantitative estimate of drug-likeness (QED) is 0.0594. The van der Waals surface area contributed by atoms with Crippen molar-refractivity contribution in [2.75, 3.05) is 35.6 Å². The number of fused-ring (bicyclic) bond motifs is 1. The van der Waals surface area contributed by atoms with E-state index in [0.717, 1.165) is 27.8 Å². The maximum atomic E-state index is 13.6. The number of aromatic hydroxyl groups is 1. The number of anilines is 3. The highest BCUT2D eigenvalue weighted by atomic mass is 16.6. The summed E-state index contributed by atoms with van der Waals surface area (Å²) in [4.78, 5) is 40.6. The van der Waals surface area contributed by atoms with Gasteiger partial charge in [-0.1, -0.05) is 114 Å². The molecule has 0 radical (unpaired) electrons. The Kier molecular flexibility index (Phi) is 13.2. The van der Waals surface area contributed by atoms with E-state index >= 15 is 0 Å². The predicted molar refractivity (Wildman–Crippen MR) is 245 cm³/mol. The number of aromatic nitrogens is 4. The molecule has 0 aliphatic carbocycles. The molecule has 0 saturated carbocycles. The zero-order valence-electron chi connectivity index (χ0n) is 36.9. The maximum absolute atomic E-state index is 13.6. The summed E-state index contributed by atoms with van der Waals surface area (Å²) in [6.07, 6.45) is -3.28. The van der Waals surface area contributed by atoms with E-state index in [9.17, 15) is 24.9 Å². The number of hydrogen-bond donors (Lipinski definition) is 7. The van der Waals surface area contributed by atoms with E-state index in [1.165, 1.54) is 10.9 Å². The molecule has 7 N–H and O–H groups in total. The van der Waals surface area contributed by atoms with Crippen LogP contribution in [-0.4, -0.2) is 84.6 Å². The van der Waals surface area contributed by atoms with Crippen LogP contribution in [0.15, 0.2) is 103 Å². The summed E-state index contributed by atoms with van der Waals surface area (Å²) >= 11 is 0. The smallest absolute Gasteiger partial charge is 0.255 e. The minimum Gasteiger partial charge on any atom is -0.507 e. The van der Waals surface area contributed by atoms with Gasteiger partial charge in [-0.15, -0.1) is 0 Å². The van der Waals surface area contributed by atoms with Crippen molar-refractivity contribution in [1.82, 2.24) is 24.8 Å². The fraction of sp³-hybridized carbons (Fsp3) is 0.367. The van der Waals surface area contributed by atoms with Crippen molar-refractivity contribution in [2.45, 2.75) is 96.2 Å². The topological polar surface area (TPSA) is 196 Å². The van der Waals surface area contributed by atoms with Crippen LogP contribution < -0.4 is 21.3 Å². The Morgan fingerprint density at radius 2 is 1.41 bits per heavy atom. The van der Waals surface area contributed by atoms with Crippen LogP contribution in [0.25, 0.3) is 11.2 Å². The van der Waals surface area contributed by atoms with Crippen molar-refractivity contribution in [3.05, 3.63) is 137 Å². The molecule has 4 aromatic carbocycles. The molecule has 6 aromatic rings. The van der Waals surface area contributed by atoms with Crippen molar-refractivity contribution in [3.8, 4) is 5.75 Å². The van der Waals surface area contributed by atoms with E-state index in [4.69, 9.17) is 14.7 Å². The summed E-state index contributed by atoms with van der Waals surface area (Å²) in [5, 5.41) is 45.6. The summed E-state index contributed by atoms with van der Waals surface area (Å²) in [7, 11) is 0. The molecule has 63 heavy (non-hydrogen) atoms. The van der Waals surface area contributed by atoms with E-state index in [2.05, 4.69) is 50.5 Å². The third kappa shape index (κ3) is 9.99. The van der Waals surface area contributed by atoms with Crippen LogP contribution in [0.5, 0.6) is 5.75 Å². The highest BCUT2D eigenvalue weighted by Crippen LogP contribution is 2.40. The molecule has 0 spiro atoms. The van der Waals surface area contributed by atoms with Crippen LogP contribution in [-0.2, 0) is 26.8 Å². The number of rotatable bonds is 14. The third-order valence-electron chi connectivity index (χ3n) is 11.3. The summed E-state index contributed by atoms with van der Waals surface area (Å²) in [6, 6.07) is 31.5. The van der Waals surface area contributed by atoms with Gasteiger partial charge in [0.2, 0.25) is 5.95 Å². The highest BCUT2D eigenvalue weighted by Gasteiger charge is 2.47. The lowest BCUT2D eigenvalue weighted by atomic mass is 9.78. The van der Waals surface area contributed by atoms with Crippen molar-refractivity contribution >= 4 is 40.4 Å². The van der Waals surface area contributed by atoms with Crippen molar-refractivity contribution in [3.63, 3.8) is 0 Å². The number of likely N-dealkylation sites (N-methyl/N-ethyl adjacent to an activating group) is 1. The Morgan fingerprint density at radius 3 is 1.98 bits per heavy atom. The van der Waals surface area contributed by atoms with Crippen LogP contribution >= 0.6 is 0 Å². The minimum atomic E-state index is -1.47. The van der Waals surface area contributed by atoms with E-state index in [1.807, 2.05) is 102 Å². The monoisotopic (exact) mass is 854 g/mol.